The van der Waals surface area contributed by atoms with E-state index >= 15 is 0 Å². The molecule has 0 atom stereocenters. The Balaban J connectivity index is 1.92. The summed E-state index contributed by atoms with van der Waals surface area (Å²) in [5, 5.41) is 0. The molecular weight excluding hydrogens is 344 g/mol. The lowest BCUT2D eigenvalue weighted by atomic mass is 10.1. The fourth-order valence-corrected chi connectivity index (χ4v) is 3.34. The molecule has 122 valence electrons. The Morgan fingerprint density at radius 3 is 2.50 bits per heavy atom. The topological polar surface area (TPSA) is 54.9 Å². The highest BCUT2D eigenvalue weighted by molar-refractivity contribution is 7.99. The van der Waals surface area contributed by atoms with E-state index in [1.807, 2.05) is 54.6 Å². The third-order valence-electron chi connectivity index (χ3n) is 3.45. The fourth-order valence-electron chi connectivity index (χ4n) is 2.30. The summed E-state index contributed by atoms with van der Waals surface area (Å²) in [6.07, 6.45) is 1.60. The normalized spacial score (nSPS) is 10.7. The van der Waals surface area contributed by atoms with Gasteiger partial charge in [-0.1, -0.05) is 54.2 Å². The zero-order valence-corrected chi connectivity index (χ0v) is 14.3. The van der Waals surface area contributed by atoms with Crippen LogP contribution in [0.4, 0.5) is 0 Å². The van der Waals surface area contributed by atoms with Crippen molar-refractivity contribution in [2.24, 2.45) is 0 Å². The number of alkyl halides is 1. The Kier molecular flexibility index (Phi) is 5.23. The Labute approximate surface area is 148 Å². The minimum Gasteiger partial charge on any atom is -0.295 e. The molecule has 0 unspecified atom stereocenters. The van der Waals surface area contributed by atoms with Gasteiger partial charge in [-0.05, 0) is 23.3 Å². The second-order valence-electron chi connectivity index (χ2n) is 5.25. The van der Waals surface area contributed by atoms with Crippen LogP contribution in [0.5, 0.6) is 0 Å². The molecule has 4 nitrogen and oxygen atoms in total. The van der Waals surface area contributed by atoms with Crippen LogP contribution in [0, 0.1) is 0 Å². The first-order chi connectivity index (χ1) is 11.7. The van der Waals surface area contributed by atoms with E-state index < -0.39 is 5.69 Å². The van der Waals surface area contributed by atoms with Crippen molar-refractivity contribution < 1.29 is 0 Å². The van der Waals surface area contributed by atoms with E-state index in [9.17, 15) is 9.59 Å². The van der Waals surface area contributed by atoms with Crippen molar-refractivity contribution in [1.29, 1.82) is 0 Å². The predicted octanol–water partition coefficient (Wildman–Crippen LogP) is 3.47. The first kappa shape index (κ1) is 16.6. The second-order valence-corrected chi connectivity index (χ2v) is 6.63. The summed E-state index contributed by atoms with van der Waals surface area (Å²) in [5.41, 5.74) is 1.15. The number of halogens is 1. The lowest BCUT2D eigenvalue weighted by Crippen LogP contribution is -2.30. The molecule has 1 heterocycles. The van der Waals surface area contributed by atoms with Crippen LogP contribution in [-0.2, 0) is 12.4 Å². The van der Waals surface area contributed by atoms with Crippen molar-refractivity contribution in [1.82, 2.24) is 9.55 Å². The Morgan fingerprint density at radius 2 is 1.75 bits per heavy atom. The molecule has 6 heteroatoms. The molecule has 24 heavy (non-hydrogen) atoms. The average molecular weight is 359 g/mol. The van der Waals surface area contributed by atoms with Gasteiger partial charge in [0.2, 0.25) is 0 Å². The van der Waals surface area contributed by atoms with E-state index in [2.05, 4.69) is 4.98 Å². The van der Waals surface area contributed by atoms with Crippen LogP contribution in [0.1, 0.15) is 11.1 Å². The molecule has 0 spiro atoms. The zero-order valence-electron chi connectivity index (χ0n) is 12.7. The van der Waals surface area contributed by atoms with Gasteiger partial charge in [0, 0.05) is 17.0 Å². The third kappa shape index (κ3) is 3.99. The lowest BCUT2D eigenvalue weighted by Gasteiger charge is -2.08. The minimum atomic E-state index is -0.423. The van der Waals surface area contributed by atoms with Crippen LogP contribution in [0.2, 0.25) is 0 Å². The van der Waals surface area contributed by atoms with Crippen molar-refractivity contribution in [3.8, 4) is 0 Å². The smallest absolute Gasteiger partial charge is 0.295 e. The number of benzene rings is 2. The largest absolute Gasteiger partial charge is 0.328 e. The van der Waals surface area contributed by atoms with Crippen molar-refractivity contribution in [2.75, 3.05) is 0 Å². The van der Waals surface area contributed by atoms with Crippen LogP contribution in [0.3, 0.4) is 0 Å². The molecule has 1 aromatic heterocycles. The summed E-state index contributed by atoms with van der Waals surface area (Å²) >= 11 is 7.18. The number of hydrogen-bond donors (Lipinski definition) is 1. The van der Waals surface area contributed by atoms with Crippen molar-refractivity contribution in [3.63, 3.8) is 0 Å². The highest BCUT2D eigenvalue weighted by atomic mass is 35.5. The van der Waals surface area contributed by atoms with Crippen molar-refractivity contribution in [3.05, 3.63) is 92.8 Å². The predicted molar refractivity (Wildman–Crippen MR) is 97.0 cm³/mol. The zero-order chi connectivity index (χ0) is 16.9. The van der Waals surface area contributed by atoms with E-state index in [-0.39, 0.29) is 5.56 Å². The molecule has 0 fully saturated rings. The van der Waals surface area contributed by atoms with E-state index in [0.29, 0.717) is 17.3 Å². The van der Waals surface area contributed by atoms with Gasteiger partial charge in [0.15, 0.2) is 0 Å². The van der Waals surface area contributed by atoms with Crippen LogP contribution in [0.25, 0.3) is 0 Å². The van der Waals surface area contributed by atoms with Crippen molar-refractivity contribution in [2.45, 2.75) is 22.2 Å². The van der Waals surface area contributed by atoms with Gasteiger partial charge in [0.1, 0.15) is 0 Å². The van der Waals surface area contributed by atoms with Gasteiger partial charge < -0.3 is 0 Å². The number of hydrogen-bond acceptors (Lipinski definition) is 3. The summed E-state index contributed by atoms with van der Waals surface area (Å²) in [7, 11) is 0. The first-order valence-electron chi connectivity index (χ1n) is 7.36. The SMILES string of the molecule is O=c1[nH]c(=O)n(Cc2cccc(CCl)c2)cc1Sc1ccccc1. The molecule has 3 rings (SSSR count). The summed E-state index contributed by atoms with van der Waals surface area (Å²) < 4.78 is 1.50. The molecule has 0 bridgehead atoms. The maximum absolute atomic E-state index is 12.1. The Bertz CT molecular complexity index is 951. The standard InChI is InChI=1S/C18H15ClN2O2S/c19-10-13-5-4-6-14(9-13)11-21-12-16(17(22)20-18(21)23)24-15-7-2-1-3-8-15/h1-9,12H,10-11H2,(H,20,22,23). The molecular formula is C18H15ClN2O2S. The number of rotatable bonds is 5. The van der Waals surface area contributed by atoms with Crippen LogP contribution < -0.4 is 11.2 Å². The average Bonchev–Trinajstić information content (AvgIpc) is 2.60. The van der Waals surface area contributed by atoms with Gasteiger partial charge in [-0.15, -0.1) is 11.6 Å². The van der Waals surface area contributed by atoms with E-state index in [0.717, 1.165) is 16.0 Å². The maximum Gasteiger partial charge on any atom is 0.328 e. The monoisotopic (exact) mass is 358 g/mol. The lowest BCUT2D eigenvalue weighted by molar-refractivity contribution is 0.701. The Morgan fingerprint density at radius 1 is 1.00 bits per heavy atom. The van der Waals surface area contributed by atoms with Gasteiger partial charge in [-0.25, -0.2) is 4.79 Å². The van der Waals surface area contributed by atoms with Crippen LogP contribution in [-0.4, -0.2) is 9.55 Å². The quantitative estimate of drug-likeness (QED) is 0.710. The summed E-state index contributed by atoms with van der Waals surface area (Å²) in [6.45, 7) is 0.378. The van der Waals surface area contributed by atoms with Gasteiger partial charge >= 0.3 is 5.69 Å². The fraction of sp³-hybridized carbons (Fsp3) is 0.111. The van der Waals surface area contributed by atoms with Gasteiger partial charge in [-0.2, -0.15) is 0 Å². The number of aromatic amines is 1. The van der Waals surface area contributed by atoms with Gasteiger partial charge in [-0.3, -0.25) is 14.3 Å². The first-order valence-corrected chi connectivity index (χ1v) is 8.71. The number of nitrogens with one attached hydrogen (secondary N) is 1. The van der Waals surface area contributed by atoms with E-state index in [4.69, 9.17) is 11.6 Å². The molecule has 0 amide bonds. The molecule has 0 aliphatic carbocycles. The number of H-pyrrole nitrogens is 1. The van der Waals surface area contributed by atoms with Crippen LogP contribution in [0.15, 0.2) is 80.2 Å². The molecule has 0 radical (unpaired) electrons. The van der Waals surface area contributed by atoms with E-state index in [1.54, 1.807) is 6.20 Å². The molecule has 0 saturated heterocycles. The van der Waals surface area contributed by atoms with Crippen LogP contribution >= 0.6 is 23.4 Å². The summed E-state index contributed by atoms with van der Waals surface area (Å²) in [4.78, 5) is 27.9. The number of aromatic nitrogens is 2. The summed E-state index contributed by atoms with van der Waals surface area (Å²) in [5.74, 6) is 0.420. The summed E-state index contributed by atoms with van der Waals surface area (Å²) in [6, 6.07) is 17.3. The number of nitrogens with zero attached hydrogens (tertiary/aromatic N) is 1. The molecule has 0 aliphatic heterocycles. The minimum absolute atomic E-state index is 0.375. The highest BCUT2D eigenvalue weighted by Crippen LogP contribution is 2.23. The molecule has 0 saturated carbocycles. The molecule has 0 aliphatic rings. The maximum atomic E-state index is 12.1. The highest BCUT2D eigenvalue weighted by Gasteiger charge is 2.07. The molecule has 1 N–H and O–H groups in total. The second kappa shape index (κ2) is 7.55. The molecule has 2 aromatic carbocycles. The van der Waals surface area contributed by atoms with Gasteiger partial charge in [0.25, 0.3) is 5.56 Å². The third-order valence-corrected chi connectivity index (χ3v) is 4.78. The van der Waals surface area contributed by atoms with Crippen molar-refractivity contribution >= 4 is 23.4 Å². The van der Waals surface area contributed by atoms with Gasteiger partial charge in [0.05, 0.1) is 11.4 Å². The Hall–Kier alpha value is -2.24. The molecule has 3 aromatic rings. The van der Waals surface area contributed by atoms with E-state index in [1.165, 1.54) is 16.3 Å².